The molecule has 13 aromatic carbocycles. The van der Waals surface area contributed by atoms with Crippen LogP contribution in [-0.2, 0) is 0 Å². The van der Waals surface area contributed by atoms with Crippen molar-refractivity contribution in [3.05, 3.63) is 388 Å². The first kappa shape index (κ1) is 88.2. The monoisotopic (exact) mass is 1700 g/mol. The van der Waals surface area contributed by atoms with Crippen LogP contribution in [0.3, 0.4) is 0 Å². The van der Waals surface area contributed by atoms with Crippen molar-refractivity contribution in [1.29, 1.82) is 0 Å². The predicted molar refractivity (Wildman–Crippen MR) is 506 cm³/mol. The van der Waals surface area contributed by atoms with E-state index in [2.05, 4.69) is 196 Å². The average Bonchev–Trinajstić information content (AvgIpc) is 0.831. The second-order valence-corrected chi connectivity index (χ2v) is 33.3. The molecule has 20 heteroatoms. The molecule has 0 fully saturated rings. The third-order valence-corrected chi connectivity index (χ3v) is 24.5. The quantitative estimate of drug-likeness (QED) is 0.0590. The summed E-state index contributed by atoms with van der Waals surface area (Å²) in [5.74, 6) is 8.23. The highest BCUT2D eigenvalue weighted by Gasteiger charge is 2.20. The Morgan fingerprint density at radius 3 is 1.05 bits per heavy atom. The Hall–Kier alpha value is -12.2. The van der Waals surface area contributed by atoms with Crippen LogP contribution >= 0.6 is 0 Å². The van der Waals surface area contributed by atoms with Gasteiger partial charge >= 0.3 is 79.4 Å². The highest BCUT2D eigenvalue weighted by Crippen LogP contribution is 2.36. The van der Waals surface area contributed by atoms with Crippen molar-refractivity contribution in [1.82, 2.24) is 24.9 Å². The van der Waals surface area contributed by atoms with Crippen LogP contribution in [0.15, 0.2) is 315 Å². The molecule has 0 atom stereocenters. The van der Waals surface area contributed by atoms with Gasteiger partial charge in [0.2, 0.25) is 0 Å². The molecule has 124 heavy (non-hydrogen) atoms. The van der Waals surface area contributed by atoms with Crippen LogP contribution in [0.4, 0.5) is 0 Å². The number of nitrogens with zero attached hydrogens (tertiary/aromatic N) is 5. The SMILES string of the molecule is Cc1cc(C)c2cccc([O][Al][O]c3ccc(-c4ccccc4)cc3)c2n1.Cc1ccc2cccc([O][Al][O]c3c(C)c(C)cc(C)c3C)c2n1.Cc1ccc2cccc([O][Al][O]c3c(C)ccc(C)c3C)c2n1.Cc1ccc2cccc([O][Al][O]c3ccc4ccccc4c3)c2n1.Cc1ccc2cccc([O][Al][O]c3ccccc3-c3ccccc3)c2n1. The van der Waals surface area contributed by atoms with Crippen LogP contribution in [0.2, 0.25) is 0 Å². The zero-order valence-electron chi connectivity index (χ0n) is 71.7. The zero-order chi connectivity index (χ0) is 86.4. The van der Waals surface area contributed by atoms with E-state index in [-0.39, 0.29) is 0 Å². The van der Waals surface area contributed by atoms with Gasteiger partial charge in [-0.15, -0.1) is 0 Å². The van der Waals surface area contributed by atoms with Crippen LogP contribution in [0.1, 0.15) is 73.0 Å². The van der Waals surface area contributed by atoms with E-state index in [4.69, 9.17) is 37.9 Å². The van der Waals surface area contributed by atoms with E-state index in [0.29, 0.717) is 0 Å². The minimum atomic E-state index is -0.702. The first-order chi connectivity index (χ1) is 60.3. The van der Waals surface area contributed by atoms with Crippen molar-refractivity contribution in [3.63, 3.8) is 0 Å². The Labute approximate surface area is 759 Å². The summed E-state index contributed by atoms with van der Waals surface area (Å²) in [6.07, 6.45) is 0. The normalized spacial score (nSPS) is 10.6. The van der Waals surface area contributed by atoms with Gasteiger partial charge in [0.1, 0.15) is 56.3 Å². The predicted octanol–water partition coefficient (Wildman–Crippen LogP) is 24.6. The number of hydrogen-bond acceptors (Lipinski definition) is 15. The van der Waals surface area contributed by atoms with Gasteiger partial charge in [0.25, 0.3) is 0 Å². The lowest BCUT2D eigenvalue weighted by molar-refractivity contribution is 0.456. The molecule has 18 rings (SSSR count). The van der Waals surface area contributed by atoms with Gasteiger partial charge in [-0.25, -0.2) is 24.9 Å². The van der Waals surface area contributed by atoms with E-state index >= 15 is 0 Å². The molecule has 0 spiro atoms. The maximum absolute atomic E-state index is 6.05. The summed E-state index contributed by atoms with van der Waals surface area (Å²) < 4.78 is 59.4. The average molecular weight is 1710 g/mol. The summed E-state index contributed by atoms with van der Waals surface area (Å²) in [6, 6.07) is 106. The van der Waals surface area contributed by atoms with Crippen LogP contribution in [-0.4, -0.2) is 104 Å². The van der Waals surface area contributed by atoms with Crippen molar-refractivity contribution < 1.29 is 37.9 Å². The summed E-state index contributed by atoms with van der Waals surface area (Å²) in [6.45, 7) is 26.7. The highest BCUT2D eigenvalue weighted by atomic mass is 27.2. The smallest absolute Gasteiger partial charge is 0.616 e. The van der Waals surface area contributed by atoms with Crippen molar-refractivity contribution in [2.24, 2.45) is 0 Å². The van der Waals surface area contributed by atoms with Gasteiger partial charge in [0.05, 0.1) is 28.7 Å². The Bertz CT molecular complexity index is 6730. The van der Waals surface area contributed by atoms with Crippen molar-refractivity contribution in [2.45, 2.75) is 90.0 Å². The Kier molecular flexibility index (Phi) is 30.4. The Morgan fingerprint density at radius 1 is 0.194 bits per heavy atom. The topological polar surface area (TPSA) is 157 Å². The molecule has 0 saturated carbocycles. The van der Waals surface area contributed by atoms with Crippen molar-refractivity contribution >= 4 is 145 Å². The van der Waals surface area contributed by atoms with E-state index in [1.165, 1.54) is 55.5 Å². The third-order valence-electron chi connectivity index (χ3n) is 21.0. The molecule has 0 N–H and O–H groups in total. The molecule has 0 amide bonds. The van der Waals surface area contributed by atoms with Crippen LogP contribution in [0.25, 0.3) is 87.5 Å². The van der Waals surface area contributed by atoms with Crippen LogP contribution in [0.5, 0.6) is 57.5 Å². The molecular formula is C104H91Al5N5O10. The molecular weight excluding hydrogens is 1610 g/mol. The summed E-state index contributed by atoms with van der Waals surface area (Å²) in [4.78, 5) is 23.0. The van der Waals surface area contributed by atoms with Gasteiger partial charge in [-0.1, -0.05) is 224 Å². The third kappa shape index (κ3) is 23.0. The van der Waals surface area contributed by atoms with Crippen LogP contribution in [0, 0.1) is 90.0 Å². The van der Waals surface area contributed by atoms with E-state index in [1.807, 2.05) is 235 Å². The highest BCUT2D eigenvalue weighted by molar-refractivity contribution is 6.23. The fourth-order valence-corrected chi connectivity index (χ4v) is 17.5. The number of benzene rings is 13. The van der Waals surface area contributed by atoms with Crippen molar-refractivity contribution in [3.8, 4) is 79.7 Å². The molecule has 5 radical (unpaired) electrons. The van der Waals surface area contributed by atoms with Gasteiger partial charge in [-0.2, -0.15) is 0 Å². The summed E-state index contributed by atoms with van der Waals surface area (Å²) in [5.41, 5.74) is 23.5. The largest absolute Gasteiger partial charge is 0.881 e. The molecule has 0 unspecified atom stereocenters. The minimum Gasteiger partial charge on any atom is -0.616 e. The first-order valence-corrected chi connectivity index (χ1v) is 45.6. The van der Waals surface area contributed by atoms with Crippen LogP contribution < -0.4 is 37.9 Å². The van der Waals surface area contributed by atoms with E-state index in [1.54, 1.807) is 0 Å². The molecule has 18 aromatic rings. The standard InChI is InChI=1S/2C12H10O.C11H11NO.4C10H9NO.C10H8O.C10H14O.C9H12O.5Al/c13-12-9-5-4-8-11(12)10-6-2-1-3-7-10;13-12-8-6-11(7-9-12)10-4-2-1-3-5-10;1-7-6-8(2)12-11-9(7)4-3-5-10(11)13;4*1-7-5-6-8-3-2-4-9(12)10(8)11-7;11-10-6-5-8-3-1-2-4-9(8)7-10;1-6-5-7(2)9(4)10(11)8(6)3;1-6-4-5-7(2)9(10)8(6)3;;;;;/h2*1-9,13H;3-6,13H,1-2H3;4*2-6,12H,1H3;1-7,11H;5,11H,1-4H3;4-5,10H,1-3H3;;;;;/q;;;;;;;;;;5*+2/p-10. The number of aromatic nitrogens is 5. The van der Waals surface area contributed by atoms with E-state index < -0.39 is 79.4 Å². The molecule has 607 valence electrons. The fourth-order valence-electron chi connectivity index (χ4n) is 14.0. The zero-order valence-corrected chi connectivity index (χ0v) is 77.5. The maximum atomic E-state index is 6.05. The lowest BCUT2D eigenvalue weighted by Crippen LogP contribution is -2.13. The number of fused-ring (bicyclic) bond motifs is 6. The lowest BCUT2D eigenvalue weighted by atomic mass is 10.0. The second-order valence-electron chi connectivity index (χ2n) is 30.0. The molecule has 0 bridgehead atoms. The molecule has 15 nitrogen and oxygen atoms in total. The maximum Gasteiger partial charge on any atom is 0.881 e. The molecule has 5 aromatic heterocycles. The number of pyridine rings is 5. The van der Waals surface area contributed by atoms with Gasteiger partial charge < -0.3 is 37.9 Å². The minimum absolute atomic E-state index is 0.644. The van der Waals surface area contributed by atoms with Crippen molar-refractivity contribution in [2.75, 3.05) is 0 Å². The lowest BCUT2D eigenvalue weighted by Gasteiger charge is -2.17. The summed E-state index contributed by atoms with van der Waals surface area (Å²) >= 11 is -3.33. The summed E-state index contributed by atoms with van der Waals surface area (Å²) in [7, 11) is 0. The number of para-hydroxylation sites is 6. The van der Waals surface area contributed by atoms with Gasteiger partial charge in [-0.05, 0) is 253 Å². The summed E-state index contributed by atoms with van der Waals surface area (Å²) in [5, 5.41) is 7.78. The van der Waals surface area contributed by atoms with E-state index in [9.17, 15) is 0 Å². The number of aryl methyl sites for hydroxylation is 10. The molecule has 0 aliphatic heterocycles. The molecule has 5 heterocycles. The van der Waals surface area contributed by atoms with Gasteiger partial charge in [-0.3, -0.25) is 0 Å². The first-order valence-electron chi connectivity index (χ1n) is 40.8. The molecule has 0 saturated heterocycles. The number of rotatable bonds is 22. The Morgan fingerprint density at radius 2 is 0.540 bits per heavy atom. The molecule has 0 aliphatic rings. The number of hydrogen-bond donors (Lipinski definition) is 0. The Balaban J connectivity index is 0.000000126. The van der Waals surface area contributed by atoms with E-state index in [0.717, 1.165) is 163 Å². The second kappa shape index (κ2) is 42.8. The fraction of sp³-hybridized carbons (Fsp3) is 0.125. The molecule has 0 aliphatic carbocycles. The van der Waals surface area contributed by atoms with Gasteiger partial charge in [0.15, 0.2) is 0 Å². The van der Waals surface area contributed by atoms with Gasteiger partial charge in [0, 0.05) is 61.0 Å².